The Morgan fingerprint density at radius 1 is 1.12 bits per heavy atom. The predicted octanol–water partition coefficient (Wildman–Crippen LogP) is 0.815. The van der Waals surface area contributed by atoms with Crippen LogP contribution >= 0.6 is 0 Å². The molecular formula is C6H14OSi. The zero-order chi connectivity index (χ0) is 5.82. The van der Waals surface area contributed by atoms with E-state index in [1.807, 2.05) is 0 Å². The van der Waals surface area contributed by atoms with Gasteiger partial charge in [0, 0.05) is 0 Å². The van der Waals surface area contributed by atoms with Crippen molar-refractivity contribution in [3.63, 3.8) is 0 Å². The molecule has 48 valence electrons. The molecule has 0 spiro atoms. The molecule has 8 heavy (non-hydrogen) atoms. The van der Waals surface area contributed by atoms with Gasteiger partial charge < -0.3 is 4.80 Å². The third kappa shape index (κ3) is 1.60. The van der Waals surface area contributed by atoms with Gasteiger partial charge in [0.2, 0.25) is 0 Å². The topological polar surface area (TPSA) is 20.2 Å². The van der Waals surface area contributed by atoms with Crippen LogP contribution in [0.1, 0.15) is 32.1 Å². The van der Waals surface area contributed by atoms with Crippen LogP contribution in [0.5, 0.6) is 0 Å². The third-order valence-electron chi connectivity index (χ3n) is 1.98. The van der Waals surface area contributed by atoms with E-state index in [2.05, 4.69) is 0 Å². The summed E-state index contributed by atoms with van der Waals surface area (Å²) in [7, 11) is -0.632. The standard InChI is InChI=1S/C6H14OSi/c7-8-6-4-2-1-3-5-6/h6-7H,1-5,8H2. The number of rotatable bonds is 1. The lowest BCUT2D eigenvalue weighted by Crippen LogP contribution is -2.06. The van der Waals surface area contributed by atoms with Crippen molar-refractivity contribution in [3.05, 3.63) is 0 Å². The lowest BCUT2D eigenvalue weighted by atomic mass is 10.0. The molecule has 0 saturated heterocycles. The van der Waals surface area contributed by atoms with Crippen molar-refractivity contribution in [1.82, 2.24) is 0 Å². The summed E-state index contributed by atoms with van der Waals surface area (Å²) in [6.07, 6.45) is 6.80. The number of hydrogen-bond donors (Lipinski definition) is 1. The van der Waals surface area contributed by atoms with Crippen LogP contribution in [0.15, 0.2) is 0 Å². The molecule has 0 radical (unpaired) electrons. The van der Waals surface area contributed by atoms with Crippen molar-refractivity contribution < 1.29 is 4.80 Å². The molecule has 1 nitrogen and oxygen atoms in total. The molecule has 0 aromatic rings. The van der Waals surface area contributed by atoms with Gasteiger partial charge in [-0.15, -0.1) is 0 Å². The van der Waals surface area contributed by atoms with Gasteiger partial charge in [-0.1, -0.05) is 32.1 Å². The summed E-state index contributed by atoms with van der Waals surface area (Å²) in [5, 5.41) is 0. The normalized spacial score (nSPS) is 25.1. The second-order valence-corrected chi connectivity index (χ2v) is 4.21. The molecule has 1 fully saturated rings. The average Bonchev–Trinajstić information content (AvgIpc) is 1.90. The predicted molar refractivity (Wildman–Crippen MR) is 37.6 cm³/mol. The first-order valence-electron chi connectivity index (χ1n) is 3.54. The summed E-state index contributed by atoms with van der Waals surface area (Å²) < 4.78 is 0. The minimum atomic E-state index is -0.632. The zero-order valence-corrected chi connectivity index (χ0v) is 6.68. The summed E-state index contributed by atoms with van der Waals surface area (Å²) in [6, 6.07) is 0. The van der Waals surface area contributed by atoms with E-state index in [1.54, 1.807) is 0 Å². The van der Waals surface area contributed by atoms with E-state index >= 15 is 0 Å². The largest absolute Gasteiger partial charge is 0.438 e. The average molecular weight is 130 g/mol. The molecule has 1 aliphatic carbocycles. The van der Waals surface area contributed by atoms with E-state index in [9.17, 15) is 0 Å². The Morgan fingerprint density at radius 2 is 1.75 bits per heavy atom. The summed E-state index contributed by atoms with van der Waals surface area (Å²) in [6.45, 7) is 0. The van der Waals surface area contributed by atoms with Gasteiger partial charge in [-0.2, -0.15) is 0 Å². The van der Waals surface area contributed by atoms with Crippen molar-refractivity contribution >= 4 is 9.76 Å². The highest BCUT2D eigenvalue weighted by Gasteiger charge is 2.11. The highest BCUT2D eigenvalue weighted by molar-refractivity contribution is 6.27. The summed E-state index contributed by atoms with van der Waals surface area (Å²) in [5.41, 5.74) is 0.781. The molecule has 0 aliphatic heterocycles. The molecular weight excluding hydrogens is 116 g/mol. The Morgan fingerprint density at radius 3 is 2.12 bits per heavy atom. The molecule has 1 rings (SSSR count). The Balaban J connectivity index is 2.13. The fourth-order valence-electron chi connectivity index (χ4n) is 1.37. The monoisotopic (exact) mass is 130 g/mol. The van der Waals surface area contributed by atoms with E-state index in [4.69, 9.17) is 4.80 Å². The second kappa shape index (κ2) is 3.25. The summed E-state index contributed by atoms with van der Waals surface area (Å²) >= 11 is 0. The fourth-order valence-corrected chi connectivity index (χ4v) is 2.31. The Hall–Kier alpha value is 0.177. The van der Waals surface area contributed by atoms with E-state index in [0.29, 0.717) is 0 Å². The quantitative estimate of drug-likeness (QED) is 0.521. The van der Waals surface area contributed by atoms with E-state index in [1.165, 1.54) is 32.1 Å². The molecule has 0 heterocycles. The summed E-state index contributed by atoms with van der Waals surface area (Å²) in [4.78, 5) is 8.83. The SMILES string of the molecule is O[SiH2]C1CCCCC1. The van der Waals surface area contributed by atoms with Crippen LogP contribution in [0, 0.1) is 0 Å². The lowest BCUT2D eigenvalue weighted by Gasteiger charge is -2.17. The van der Waals surface area contributed by atoms with Gasteiger partial charge in [-0.05, 0) is 5.54 Å². The third-order valence-corrected chi connectivity index (χ3v) is 3.32. The van der Waals surface area contributed by atoms with Gasteiger partial charge in [0.15, 0.2) is 9.76 Å². The first kappa shape index (κ1) is 6.30. The zero-order valence-electron chi connectivity index (χ0n) is 5.27. The molecule has 0 bridgehead atoms. The van der Waals surface area contributed by atoms with Gasteiger partial charge in [-0.3, -0.25) is 0 Å². The Labute approximate surface area is 53.1 Å². The molecule has 0 unspecified atom stereocenters. The van der Waals surface area contributed by atoms with E-state index < -0.39 is 9.76 Å². The fraction of sp³-hybridized carbons (Fsp3) is 1.00. The Bertz CT molecular complexity index is 59.5. The maximum absolute atomic E-state index is 8.83. The summed E-state index contributed by atoms with van der Waals surface area (Å²) in [5.74, 6) is 0. The van der Waals surface area contributed by atoms with Gasteiger partial charge in [0.05, 0.1) is 0 Å². The van der Waals surface area contributed by atoms with Gasteiger partial charge >= 0.3 is 0 Å². The van der Waals surface area contributed by atoms with Crippen molar-refractivity contribution in [2.24, 2.45) is 0 Å². The van der Waals surface area contributed by atoms with Crippen molar-refractivity contribution in [3.8, 4) is 0 Å². The van der Waals surface area contributed by atoms with E-state index in [0.717, 1.165) is 5.54 Å². The molecule has 0 aromatic heterocycles. The first-order chi connectivity index (χ1) is 3.93. The molecule has 0 aromatic carbocycles. The first-order valence-corrected chi connectivity index (χ1v) is 4.99. The van der Waals surface area contributed by atoms with Crippen LogP contribution in [-0.2, 0) is 0 Å². The second-order valence-electron chi connectivity index (χ2n) is 2.69. The maximum atomic E-state index is 8.83. The molecule has 1 saturated carbocycles. The lowest BCUT2D eigenvalue weighted by molar-refractivity contribution is 0.465. The van der Waals surface area contributed by atoms with Gasteiger partial charge in [0.1, 0.15) is 0 Å². The molecule has 1 N–H and O–H groups in total. The van der Waals surface area contributed by atoms with Crippen LogP contribution in [0.2, 0.25) is 5.54 Å². The minimum Gasteiger partial charge on any atom is -0.438 e. The van der Waals surface area contributed by atoms with Crippen LogP contribution < -0.4 is 0 Å². The smallest absolute Gasteiger partial charge is 0.159 e. The molecule has 1 aliphatic rings. The van der Waals surface area contributed by atoms with Crippen LogP contribution in [0.4, 0.5) is 0 Å². The molecule has 2 heteroatoms. The van der Waals surface area contributed by atoms with E-state index in [-0.39, 0.29) is 0 Å². The van der Waals surface area contributed by atoms with Gasteiger partial charge in [0.25, 0.3) is 0 Å². The van der Waals surface area contributed by atoms with Crippen LogP contribution in [-0.4, -0.2) is 14.6 Å². The molecule has 0 atom stereocenters. The highest BCUT2D eigenvalue weighted by atomic mass is 28.2. The van der Waals surface area contributed by atoms with Crippen LogP contribution in [0.25, 0.3) is 0 Å². The van der Waals surface area contributed by atoms with Crippen molar-refractivity contribution in [2.45, 2.75) is 37.6 Å². The van der Waals surface area contributed by atoms with Crippen LogP contribution in [0.3, 0.4) is 0 Å². The van der Waals surface area contributed by atoms with Crippen molar-refractivity contribution in [2.75, 3.05) is 0 Å². The van der Waals surface area contributed by atoms with Crippen molar-refractivity contribution in [1.29, 1.82) is 0 Å². The maximum Gasteiger partial charge on any atom is 0.159 e. The Kier molecular flexibility index (Phi) is 2.56. The highest BCUT2D eigenvalue weighted by Crippen LogP contribution is 2.26. The number of hydrogen-bond acceptors (Lipinski definition) is 1. The molecule has 0 amide bonds. The van der Waals surface area contributed by atoms with Gasteiger partial charge in [-0.25, -0.2) is 0 Å². The minimum absolute atomic E-state index is 0.632.